The van der Waals surface area contributed by atoms with Gasteiger partial charge in [-0.25, -0.2) is 0 Å². The van der Waals surface area contributed by atoms with Crippen LogP contribution >= 0.6 is 0 Å². The lowest BCUT2D eigenvalue weighted by molar-refractivity contribution is 0.172. The van der Waals surface area contributed by atoms with Gasteiger partial charge in [0.2, 0.25) is 0 Å². The van der Waals surface area contributed by atoms with E-state index in [0.717, 1.165) is 17.7 Å². The van der Waals surface area contributed by atoms with Crippen LogP contribution in [0.3, 0.4) is 0 Å². The molecule has 0 fully saturated rings. The molecule has 0 aliphatic rings. The Hall–Kier alpha value is -0.890. The smallest absolute Gasteiger partial charge is 0.0804 e. The van der Waals surface area contributed by atoms with Crippen molar-refractivity contribution in [1.29, 1.82) is 0 Å². The van der Waals surface area contributed by atoms with Gasteiger partial charge in [-0.1, -0.05) is 13.0 Å². The minimum atomic E-state index is -0.358. The quantitative estimate of drug-likeness (QED) is 0.699. The summed E-state index contributed by atoms with van der Waals surface area (Å²) < 4.78 is 0. The van der Waals surface area contributed by atoms with Crippen molar-refractivity contribution >= 4 is 0 Å². The van der Waals surface area contributed by atoms with Crippen molar-refractivity contribution in [3.05, 3.63) is 29.6 Å². The highest BCUT2D eigenvalue weighted by atomic mass is 16.3. The average molecular weight is 151 g/mol. The van der Waals surface area contributed by atoms with Crippen molar-refractivity contribution in [2.45, 2.75) is 26.4 Å². The van der Waals surface area contributed by atoms with Gasteiger partial charge in [0.1, 0.15) is 0 Å². The molecule has 1 rings (SSSR count). The molecule has 1 heterocycles. The van der Waals surface area contributed by atoms with Gasteiger partial charge in [-0.15, -0.1) is 0 Å². The molecule has 0 amide bonds. The van der Waals surface area contributed by atoms with Gasteiger partial charge in [0, 0.05) is 17.5 Å². The Balaban J connectivity index is 2.93. The SMILES string of the molecule is CCC(O)c1cccnc1C. The van der Waals surface area contributed by atoms with Crippen LogP contribution in [0.25, 0.3) is 0 Å². The molecule has 1 aromatic heterocycles. The van der Waals surface area contributed by atoms with E-state index in [-0.39, 0.29) is 6.10 Å². The lowest BCUT2D eigenvalue weighted by atomic mass is 10.1. The average Bonchev–Trinajstić information content (AvgIpc) is 2.04. The monoisotopic (exact) mass is 151 g/mol. The van der Waals surface area contributed by atoms with E-state index < -0.39 is 0 Å². The van der Waals surface area contributed by atoms with E-state index in [9.17, 15) is 5.11 Å². The predicted octanol–water partition coefficient (Wildman–Crippen LogP) is 1.83. The van der Waals surface area contributed by atoms with Crippen LogP contribution in [-0.4, -0.2) is 10.1 Å². The molecule has 0 aliphatic carbocycles. The van der Waals surface area contributed by atoms with Crippen LogP contribution in [-0.2, 0) is 0 Å². The first-order valence-electron chi connectivity index (χ1n) is 3.85. The largest absolute Gasteiger partial charge is 0.388 e. The highest BCUT2D eigenvalue weighted by Gasteiger charge is 2.06. The second kappa shape index (κ2) is 3.49. The van der Waals surface area contributed by atoms with Crippen molar-refractivity contribution in [2.24, 2.45) is 0 Å². The fraction of sp³-hybridized carbons (Fsp3) is 0.444. The number of aromatic nitrogens is 1. The zero-order valence-corrected chi connectivity index (χ0v) is 6.91. The maximum absolute atomic E-state index is 9.47. The van der Waals surface area contributed by atoms with E-state index in [4.69, 9.17) is 0 Å². The van der Waals surface area contributed by atoms with Crippen molar-refractivity contribution in [3.8, 4) is 0 Å². The summed E-state index contributed by atoms with van der Waals surface area (Å²) in [5.74, 6) is 0. The van der Waals surface area contributed by atoms with Crippen LogP contribution in [0.5, 0.6) is 0 Å². The summed E-state index contributed by atoms with van der Waals surface area (Å²) in [6, 6.07) is 3.76. The molecule has 1 atom stereocenters. The first-order valence-corrected chi connectivity index (χ1v) is 3.85. The number of aliphatic hydroxyl groups excluding tert-OH is 1. The van der Waals surface area contributed by atoms with Gasteiger partial charge in [0.05, 0.1) is 6.10 Å². The Morgan fingerprint density at radius 3 is 2.91 bits per heavy atom. The molecule has 1 N–H and O–H groups in total. The molecule has 0 saturated carbocycles. The Morgan fingerprint density at radius 1 is 1.64 bits per heavy atom. The number of rotatable bonds is 2. The molecule has 0 aliphatic heterocycles. The van der Waals surface area contributed by atoms with Gasteiger partial charge in [-0.05, 0) is 19.4 Å². The lowest BCUT2D eigenvalue weighted by Crippen LogP contribution is -1.99. The summed E-state index contributed by atoms with van der Waals surface area (Å²) >= 11 is 0. The van der Waals surface area contributed by atoms with Crippen molar-refractivity contribution in [2.75, 3.05) is 0 Å². The van der Waals surface area contributed by atoms with Gasteiger partial charge in [0.25, 0.3) is 0 Å². The van der Waals surface area contributed by atoms with Crippen LogP contribution in [0.1, 0.15) is 30.7 Å². The maximum Gasteiger partial charge on any atom is 0.0804 e. The van der Waals surface area contributed by atoms with Crippen LogP contribution in [0.4, 0.5) is 0 Å². The van der Waals surface area contributed by atoms with Crippen molar-refractivity contribution < 1.29 is 5.11 Å². The Morgan fingerprint density at radius 2 is 2.36 bits per heavy atom. The molecule has 1 unspecified atom stereocenters. The number of hydrogen-bond acceptors (Lipinski definition) is 2. The number of nitrogens with zero attached hydrogens (tertiary/aromatic N) is 1. The first-order chi connectivity index (χ1) is 5.25. The molecule has 0 bridgehead atoms. The van der Waals surface area contributed by atoms with Gasteiger partial charge >= 0.3 is 0 Å². The Kier molecular flexibility index (Phi) is 2.60. The molecular weight excluding hydrogens is 138 g/mol. The number of hydrogen-bond donors (Lipinski definition) is 1. The summed E-state index contributed by atoms with van der Waals surface area (Å²) in [4.78, 5) is 4.09. The summed E-state index contributed by atoms with van der Waals surface area (Å²) in [5, 5.41) is 9.47. The van der Waals surface area contributed by atoms with Crippen LogP contribution in [0.15, 0.2) is 18.3 Å². The number of aliphatic hydroxyl groups is 1. The normalized spacial score (nSPS) is 13.0. The number of aryl methyl sites for hydroxylation is 1. The second-order valence-electron chi connectivity index (χ2n) is 2.60. The Bertz CT molecular complexity index is 235. The third kappa shape index (κ3) is 1.77. The van der Waals surface area contributed by atoms with Gasteiger partial charge in [-0.3, -0.25) is 4.98 Å². The highest BCUT2D eigenvalue weighted by Crippen LogP contribution is 2.17. The minimum absolute atomic E-state index is 0.358. The summed E-state index contributed by atoms with van der Waals surface area (Å²) in [6.45, 7) is 3.87. The second-order valence-corrected chi connectivity index (χ2v) is 2.60. The lowest BCUT2D eigenvalue weighted by Gasteiger charge is -2.09. The van der Waals surface area contributed by atoms with E-state index in [2.05, 4.69) is 4.98 Å². The van der Waals surface area contributed by atoms with Crippen LogP contribution in [0.2, 0.25) is 0 Å². The van der Waals surface area contributed by atoms with E-state index in [1.165, 1.54) is 0 Å². The third-order valence-corrected chi connectivity index (χ3v) is 1.79. The van der Waals surface area contributed by atoms with Gasteiger partial charge < -0.3 is 5.11 Å². The number of pyridine rings is 1. The molecule has 0 spiro atoms. The molecule has 2 nitrogen and oxygen atoms in total. The van der Waals surface area contributed by atoms with Crippen LogP contribution < -0.4 is 0 Å². The molecular formula is C9H13NO. The molecule has 11 heavy (non-hydrogen) atoms. The molecule has 0 radical (unpaired) electrons. The Labute approximate surface area is 66.9 Å². The topological polar surface area (TPSA) is 33.1 Å². The predicted molar refractivity (Wildman–Crippen MR) is 44.2 cm³/mol. The zero-order chi connectivity index (χ0) is 8.27. The first kappa shape index (κ1) is 8.21. The highest BCUT2D eigenvalue weighted by molar-refractivity contribution is 5.20. The molecule has 0 aromatic carbocycles. The molecule has 2 heteroatoms. The minimum Gasteiger partial charge on any atom is -0.388 e. The van der Waals surface area contributed by atoms with Gasteiger partial charge in [-0.2, -0.15) is 0 Å². The van der Waals surface area contributed by atoms with Crippen molar-refractivity contribution in [3.63, 3.8) is 0 Å². The fourth-order valence-corrected chi connectivity index (χ4v) is 1.07. The zero-order valence-electron chi connectivity index (χ0n) is 6.91. The fourth-order valence-electron chi connectivity index (χ4n) is 1.07. The summed E-state index contributed by atoms with van der Waals surface area (Å²) in [5.41, 5.74) is 1.86. The van der Waals surface area contributed by atoms with Crippen LogP contribution in [0, 0.1) is 6.92 Å². The third-order valence-electron chi connectivity index (χ3n) is 1.79. The standard InChI is InChI=1S/C9H13NO/c1-3-9(11)8-5-4-6-10-7(8)2/h4-6,9,11H,3H2,1-2H3. The van der Waals surface area contributed by atoms with E-state index >= 15 is 0 Å². The molecule has 0 saturated heterocycles. The van der Waals surface area contributed by atoms with E-state index in [0.29, 0.717) is 0 Å². The maximum atomic E-state index is 9.47. The summed E-state index contributed by atoms with van der Waals surface area (Å²) in [7, 11) is 0. The summed E-state index contributed by atoms with van der Waals surface area (Å²) in [6.07, 6.45) is 2.12. The van der Waals surface area contributed by atoms with E-state index in [1.807, 2.05) is 26.0 Å². The molecule has 60 valence electrons. The molecule has 1 aromatic rings. The van der Waals surface area contributed by atoms with Gasteiger partial charge in [0.15, 0.2) is 0 Å². The van der Waals surface area contributed by atoms with Crippen molar-refractivity contribution in [1.82, 2.24) is 4.98 Å². The van der Waals surface area contributed by atoms with E-state index in [1.54, 1.807) is 6.20 Å².